The molecule has 26 heavy (non-hydrogen) atoms. The van der Waals surface area contributed by atoms with E-state index in [1.54, 1.807) is 19.2 Å². The summed E-state index contributed by atoms with van der Waals surface area (Å²) in [7, 11) is 0.154. The van der Waals surface area contributed by atoms with Gasteiger partial charge < -0.3 is 14.4 Å². The van der Waals surface area contributed by atoms with Crippen LogP contribution in [0.15, 0.2) is 47.4 Å². The summed E-state index contributed by atoms with van der Waals surface area (Å²) in [6, 6.07) is 12.0. The first-order valence-electron chi connectivity index (χ1n) is 8.32. The summed E-state index contributed by atoms with van der Waals surface area (Å²) in [5, 5.41) is 0.519. The van der Waals surface area contributed by atoms with Crippen LogP contribution in [0.4, 0.5) is 0 Å². The maximum absolute atomic E-state index is 12.4. The van der Waals surface area contributed by atoms with Gasteiger partial charge in [0.05, 0.1) is 24.4 Å². The summed E-state index contributed by atoms with van der Waals surface area (Å²) >= 11 is 5.81. The average Bonchev–Trinajstić information content (AvgIpc) is 2.62. The molecule has 0 amide bonds. The lowest BCUT2D eigenvalue weighted by molar-refractivity contribution is 0.309. The summed E-state index contributed by atoms with van der Waals surface area (Å²) in [6.45, 7) is 3.51. The van der Waals surface area contributed by atoms with Crippen molar-refractivity contribution in [1.29, 1.82) is 0 Å². The fourth-order valence-corrected chi connectivity index (χ4v) is 3.98. The van der Waals surface area contributed by atoms with Gasteiger partial charge in [0.2, 0.25) is 0 Å². The summed E-state index contributed by atoms with van der Waals surface area (Å²) in [5.41, 5.74) is 1.02. The fourth-order valence-electron chi connectivity index (χ4n) is 2.51. The Bertz CT molecular complexity index is 822. The van der Waals surface area contributed by atoms with Crippen molar-refractivity contribution in [3.8, 4) is 11.5 Å². The van der Waals surface area contributed by atoms with E-state index in [2.05, 4.69) is 0 Å². The Morgan fingerprint density at radius 3 is 2.38 bits per heavy atom. The monoisotopic (exact) mass is 397 g/mol. The van der Waals surface area contributed by atoms with Crippen LogP contribution in [0.25, 0.3) is 0 Å². The molecule has 142 valence electrons. The number of benzene rings is 2. The molecule has 0 aliphatic rings. The van der Waals surface area contributed by atoms with Crippen molar-refractivity contribution in [3.63, 3.8) is 0 Å². The summed E-state index contributed by atoms with van der Waals surface area (Å²) in [4.78, 5) is 2.25. The van der Waals surface area contributed by atoms with Crippen molar-refractivity contribution < 1.29 is 17.9 Å². The number of hydrogen-bond donors (Lipinski definition) is 0. The molecule has 0 atom stereocenters. The van der Waals surface area contributed by atoms with Gasteiger partial charge in [0.15, 0.2) is 21.3 Å². The van der Waals surface area contributed by atoms with Crippen LogP contribution in [-0.2, 0) is 16.4 Å². The Kier molecular flexibility index (Phi) is 7.32. The molecule has 5 nitrogen and oxygen atoms in total. The van der Waals surface area contributed by atoms with Crippen LogP contribution in [0.3, 0.4) is 0 Å². The van der Waals surface area contributed by atoms with E-state index in [4.69, 9.17) is 21.1 Å². The van der Waals surface area contributed by atoms with Gasteiger partial charge in [0, 0.05) is 18.1 Å². The van der Waals surface area contributed by atoms with Crippen LogP contribution >= 0.6 is 11.6 Å². The second-order valence-corrected chi connectivity index (χ2v) is 8.47. The van der Waals surface area contributed by atoms with E-state index >= 15 is 0 Å². The highest BCUT2D eigenvalue weighted by Gasteiger charge is 2.16. The Balaban J connectivity index is 1.98. The molecule has 0 fully saturated rings. The zero-order valence-corrected chi connectivity index (χ0v) is 16.8. The molecule has 0 aromatic heterocycles. The second-order valence-electron chi connectivity index (χ2n) is 5.93. The van der Waals surface area contributed by atoms with E-state index in [1.807, 2.05) is 37.1 Å². The van der Waals surface area contributed by atoms with Gasteiger partial charge in [-0.2, -0.15) is 0 Å². The lowest BCUT2D eigenvalue weighted by Gasteiger charge is -2.18. The van der Waals surface area contributed by atoms with Crippen molar-refractivity contribution >= 4 is 21.4 Å². The van der Waals surface area contributed by atoms with Crippen LogP contribution in [0.1, 0.15) is 12.5 Å². The first kappa shape index (κ1) is 20.6. The topological polar surface area (TPSA) is 55.8 Å². The third kappa shape index (κ3) is 5.62. The molecule has 0 N–H and O–H groups in total. The van der Waals surface area contributed by atoms with E-state index in [0.717, 1.165) is 5.56 Å². The molecule has 0 saturated heterocycles. The van der Waals surface area contributed by atoms with Crippen LogP contribution in [0.2, 0.25) is 5.02 Å². The molecule has 7 heteroatoms. The third-order valence-electron chi connectivity index (χ3n) is 3.89. The summed E-state index contributed by atoms with van der Waals surface area (Å²) in [5.74, 6) is 1.41. The van der Waals surface area contributed by atoms with Gasteiger partial charge in [0.1, 0.15) is 0 Å². The highest BCUT2D eigenvalue weighted by atomic mass is 35.5. The predicted molar refractivity (Wildman–Crippen MR) is 104 cm³/mol. The number of hydrogen-bond acceptors (Lipinski definition) is 5. The second kappa shape index (κ2) is 9.26. The average molecular weight is 398 g/mol. The van der Waals surface area contributed by atoms with Gasteiger partial charge in [-0.15, -0.1) is 0 Å². The van der Waals surface area contributed by atoms with Crippen LogP contribution in [0, 0.1) is 0 Å². The lowest BCUT2D eigenvalue weighted by Crippen LogP contribution is -2.25. The molecule has 0 bridgehead atoms. The van der Waals surface area contributed by atoms with Crippen molar-refractivity contribution in [1.82, 2.24) is 4.90 Å². The predicted octanol–water partition coefficient (Wildman–Crippen LogP) is 3.65. The van der Waals surface area contributed by atoms with Gasteiger partial charge in [-0.25, -0.2) is 8.42 Å². The van der Waals surface area contributed by atoms with E-state index in [9.17, 15) is 8.42 Å². The molecule has 0 saturated carbocycles. The number of ether oxygens (including phenoxy) is 2. The first-order valence-corrected chi connectivity index (χ1v) is 10.4. The molecule has 0 spiro atoms. The Morgan fingerprint density at radius 1 is 1.08 bits per heavy atom. The highest BCUT2D eigenvalue weighted by Crippen LogP contribution is 2.28. The third-order valence-corrected chi connectivity index (χ3v) is 5.86. The van der Waals surface area contributed by atoms with Crippen molar-refractivity contribution in [2.24, 2.45) is 0 Å². The van der Waals surface area contributed by atoms with Crippen LogP contribution in [-0.4, -0.2) is 46.4 Å². The first-order chi connectivity index (χ1) is 12.4. The van der Waals surface area contributed by atoms with E-state index in [-0.39, 0.29) is 10.6 Å². The molecule has 0 heterocycles. The quantitative estimate of drug-likeness (QED) is 0.646. The number of nitrogens with zero attached hydrogens (tertiary/aromatic N) is 1. The van der Waals surface area contributed by atoms with Crippen LogP contribution in [0.5, 0.6) is 11.5 Å². The van der Waals surface area contributed by atoms with Crippen molar-refractivity contribution in [3.05, 3.63) is 53.1 Å². The van der Waals surface area contributed by atoms with E-state index in [0.29, 0.717) is 36.2 Å². The van der Waals surface area contributed by atoms with Gasteiger partial charge in [-0.1, -0.05) is 17.7 Å². The summed E-state index contributed by atoms with van der Waals surface area (Å²) in [6.07, 6.45) is 0. The van der Waals surface area contributed by atoms with Crippen molar-refractivity contribution in [2.75, 3.05) is 33.1 Å². The van der Waals surface area contributed by atoms with Gasteiger partial charge in [-0.3, -0.25) is 0 Å². The highest BCUT2D eigenvalue weighted by molar-refractivity contribution is 7.91. The summed E-state index contributed by atoms with van der Waals surface area (Å²) < 4.78 is 35.7. The normalized spacial score (nSPS) is 11.6. The lowest BCUT2D eigenvalue weighted by atomic mass is 10.2. The zero-order chi connectivity index (χ0) is 19.2. The molecule has 2 aromatic carbocycles. The number of methoxy groups -OCH3 is 1. The standard InChI is InChI=1S/C19H24ClNO4S/c1-4-25-18-10-5-15(13-19(18)24-3)14-21(2)11-12-26(22,23)17-8-6-16(20)7-9-17/h5-10,13H,4,11-12,14H2,1-3H3. The Hall–Kier alpha value is -1.76. The Morgan fingerprint density at radius 2 is 1.77 bits per heavy atom. The number of halogens is 1. The van der Waals surface area contributed by atoms with Crippen molar-refractivity contribution in [2.45, 2.75) is 18.4 Å². The minimum Gasteiger partial charge on any atom is -0.493 e. The minimum atomic E-state index is -3.34. The Labute approximate surface area is 160 Å². The van der Waals surface area contributed by atoms with Gasteiger partial charge >= 0.3 is 0 Å². The number of sulfone groups is 1. The molecular weight excluding hydrogens is 374 g/mol. The number of rotatable bonds is 9. The van der Waals surface area contributed by atoms with Gasteiger partial charge in [-0.05, 0) is 55.9 Å². The maximum atomic E-state index is 12.4. The van der Waals surface area contributed by atoms with Crippen LogP contribution < -0.4 is 9.47 Å². The molecule has 0 aliphatic carbocycles. The smallest absolute Gasteiger partial charge is 0.179 e. The molecule has 2 aromatic rings. The molecule has 0 radical (unpaired) electrons. The SMILES string of the molecule is CCOc1ccc(CN(C)CCS(=O)(=O)c2ccc(Cl)cc2)cc1OC. The maximum Gasteiger partial charge on any atom is 0.179 e. The molecule has 0 aliphatic heterocycles. The largest absolute Gasteiger partial charge is 0.493 e. The molecule has 0 unspecified atom stereocenters. The zero-order valence-electron chi connectivity index (χ0n) is 15.2. The molecule has 2 rings (SSSR count). The van der Waals surface area contributed by atoms with Gasteiger partial charge in [0.25, 0.3) is 0 Å². The van der Waals surface area contributed by atoms with E-state index in [1.165, 1.54) is 12.1 Å². The molecular formula is C19H24ClNO4S. The van der Waals surface area contributed by atoms with E-state index < -0.39 is 9.84 Å². The fraction of sp³-hybridized carbons (Fsp3) is 0.368. The minimum absolute atomic E-state index is 0.0410.